The Morgan fingerprint density at radius 1 is 1.00 bits per heavy atom. The van der Waals surface area contributed by atoms with Crippen LogP contribution in [0, 0.1) is 0 Å². The van der Waals surface area contributed by atoms with Gasteiger partial charge in [0.15, 0.2) is 0 Å². The highest BCUT2D eigenvalue weighted by Crippen LogP contribution is 2.63. The van der Waals surface area contributed by atoms with Crippen LogP contribution in [0.2, 0.25) is 0 Å². The molecule has 0 N–H and O–H groups in total. The Morgan fingerprint density at radius 3 is 1.38 bits per heavy atom. The van der Waals surface area contributed by atoms with Crippen LogP contribution in [0.3, 0.4) is 0 Å². The van der Waals surface area contributed by atoms with Crippen molar-refractivity contribution in [2.75, 3.05) is 25.7 Å². The second-order valence-corrected chi connectivity index (χ2v) is 10.1. The molecule has 0 amide bonds. The lowest BCUT2D eigenvalue weighted by Gasteiger charge is -2.17. The Balaban J connectivity index is 3.35. The van der Waals surface area contributed by atoms with Gasteiger partial charge in [0.05, 0.1) is 0 Å². The highest BCUT2D eigenvalue weighted by atomic mass is 32.1. The van der Waals surface area contributed by atoms with Gasteiger partial charge in [0, 0.05) is 0 Å². The van der Waals surface area contributed by atoms with E-state index < -0.39 is 0 Å². The Hall–Kier alpha value is 0.860. The van der Waals surface area contributed by atoms with Gasteiger partial charge < -0.3 is 0 Å². The zero-order chi connectivity index (χ0) is 6.57. The lowest BCUT2D eigenvalue weighted by molar-refractivity contribution is 1.44. The highest BCUT2D eigenvalue weighted by molar-refractivity contribution is 8.29. The van der Waals surface area contributed by atoms with Crippen LogP contribution in [0.25, 0.3) is 0 Å². The molecule has 0 heterocycles. The molecular weight excluding hydrogens is 134 g/mol. The lowest BCUT2D eigenvalue weighted by atomic mass is 11.0. The standard InChI is InChI=1S/C6H16P2/c1-5-8(6-2)7(3)4/h5-6H2,1-4H3. The Morgan fingerprint density at radius 2 is 1.38 bits per heavy atom. The van der Waals surface area contributed by atoms with Crippen molar-refractivity contribution >= 4 is 15.2 Å². The summed E-state index contributed by atoms with van der Waals surface area (Å²) in [6.45, 7) is 9.43. The molecule has 0 radical (unpaired) electrons. The minimum absolute atomic E-state index is 0.401. The van der Waals surface area contributed by atoms with Gasteiger partial charge in [0.1, 0.15) is 0 Å². The van der Waals surface area contributed by atoms with Crippen LogP contribution in [0.5, 0.6) is 0 Å². The Kier molecular flexibility index (Phi) is 5.22. The summed E-state index contributed by atoms with van der Waals surface area (Å²) in [7, 11) is 0.850. The third kappa shape index (κ3) is 3.00. The van der Waals surface area contributed by atoms with Crippen LogP contribution in [0.4, 0.5) is 0 Å². The number of hydrogen-bond acceptors (Lipinski definition) is 0. The maximum atomic E-state index is 2.40. The molecule has 0 spiro atoms. The minimum atomic E-state index is 0.401. The molecule has 0 saturated carbocycles. The Bertz CT molecular complexity index is 48.5. The quantitative estimate of drug-likeness (QED) is 0.542. The first-order chi connectivity index (χ1) is 3.72. The van der Waals surface area contributed by atoms with Crippen LogP contribution in [0.15, 0.2) is 0 Å². The van der Waals surface area contributed by atoms with E-state index in [0.717, 1.165) is 0 Å². The van der Waals surface area contributed by atoms with Crippen molar-refractivity contribution < 1.29 is 0 Å². The van der Waals surface area contributed by atoms with Gasteiger partial charge in [-0.05, 0) is 25.7 Å². The first kappa shape index (κ1) is 8.86. The molecule has 8 heavy (non-hydrogen) atoms. The van der Waals surface area contributed by atoms with Gasteiger partial charge in [-0.15, -0.1) is 0 Å². The highest BCUT2D eigenvalue weighted by Gasteiger charge is 2.04. The van der Waals surface area contributed by atoms with E-state index in [1.807, 2.05) is 0 Å². The predicted octanol–water partition coefficient (Wildman–Crippen LogP) is 3.16. The number of hydrogen-bond donors (Lipinski definition) is 0. The summed E-state index contributed by atoms with van der Waals surface area (Å²) in [6.07, 6.45) is 2.87. The smallest absolute Gasteiger partial charge is 0.0316 e. The van der Waals surface area contributed by atoms with Crippen LogP contribution in [-0.4, -0.2) is 25.7 Å². The second kappa shape index (κ2) is 4.71. The molecule has 0 bridgehead atoms. The topological polar surface area (TPSA) is 0 Å². The molecule has 0 aromatic carbocycles. The summed E-state index contributed by atoms with van der Waals surface area (Å²) < 4.78 is 0. The molecule has 0 aromatic heterocycles. The summed E-state index contributed by atoms with van der Waals surface area (Å²) >= 11 is 0. The lowest BCUT2D eigenvalue weighted by Crippen LogP contribution is -1.77. The fraction of sp³-hybridized carbons (Fsp3) is 1.00. The fourth-order valence-corrected chi connectivity index (χ4v) is 5.76. The van der Waals surface area contributed by atoms with E-state index in [-0.39, 0.29) is 0 Å². The zero-order valence-corrected chi connectivity index (χ0v) is 8.10. The van der Waals surface area contributed by atoms with Crippen LogP contribution in [-0.2, 0) is 0 Å². The predicted molar refractivity (Wildman–Crippen MR) is 46.8 cm³/mol. The minimum Gasteiger partial charge on any atom is -0.0874 e. The summed E-state index contributed by atoms with van der Waals surface area (Å²) in [5.41, 5.74) is 0. The summed E-state index contributed by atoms with van der Waals surface area (Å²) in [6, 6.07) is 0. The van der Waals surface area contributed by atoms with E-state index in [2.05, 4.69) is 27.2 Å². The largest absolute Gasteiger partial charge is 0.0874 e. The third-order valence-electron chi connectivity index (χ3n) is 1.30. The molecule has 0 aliphatic rings. The van der Waals surface area contributed by atoms with Crippen molar-refractivity contribution in [3.63, 3.8) is 0 Å². The van der Waals surface area contributed by atoms with Gasteiger partial charge in [-0.3, -0.25) is 0 Å². The molecule has 0 aliphatic heterocycles. The van der Waals surface area contributed by atoms with Gasteiger partial charge in [-0.25, -0.2) is 0 Å². The summed E-state index contributed by atoms with van der Waals surface area (Å²) in [5, 5.41) is 0. The van der Waals surface area contributed by atoms with Gasteiger partial charge >= 0.3 is 0 Å². The zero-order valence-electron chi connectivity index (χ0n) is 6.31. The molecule has 0 fully saturated rings. The average molecular weight is 150 g/mol. The molecule has 0 aromatic rings. The Labute approximate surface area is 55.5 Å². The van der Waals surface area contributed by atoms with E-state index in [0.29, 0.717) is 15.2 Å². The average Bonchev–Trinajstić information content (AvgIpc) is 1.69. The van der Waals surface area contributed by atoms with Crippen molar-refractivity contribution in [3.05, 3.63) is 0 Å². The molecule has 0 unspecified atom stereocenters. The van der Waals surface area contributed by atoms with E-state index in [4.69, 9.17) is 0 Å². The van der Waals surface area contributed by atoms with Crippen molar-refractivity contribution in [2.45, 2.75) is 13.8 Å². The molecule has 2 heteroatoms. The van der Waals surface area contributed by atoms with Gasteiger partial charge in [0.2, 0.25) is 0 Å². The molecule has 50 valence electrons. The third-order valence-corrected chi connectivity index (χ3v) is 8.98. The molecule has 0 atom stereocenters. The van der Waals surface area contributed by atoms with Crippen LogP contribution in [0.1, 0.15) is 13.8 Å². The molecule has 0 nitrogen and oxygen atoms in total. The van der Waals surface area contributed by atoms with Gasteiger partial charge in [-0.1, -0.05) is 29.1 Å². The fourth-order valence-electron chi connectivity index (χ4n) is 0.789. The first-order valence-corrected chi connectivity index (χ1v) is 7.79. The van der Waals surface area contributed by atoms with Gasteiger partial charge in [-0.2, -0.15) is 0 Å². The van der Waals surface area contributed by atoms with Gasteiger partial charge in [0.25, 0.3) is 0 Å². The van der Waals surface area contributed by atoms with E-state index in [1.165, 1.54) is 12.3 Å². The first-order valence-electron chi connectivity index (χ1n) is 3.14. The molecule has 0 aliphatic carbocycles. The summed E-state index contributed by atoms with van der Waals surface area (Å²) in [5.74, 6) is 0. The SMILES string of the molecule is CCP(CC)P(C)C. The van der Waals surface area contributed by atoms with Crippen LogP contribution < -0.4 is 0 Å². The molecular formula is C6H16P2. The van der Waals surface area contributed by atoms with E-state index in [1.54, 1.807) is 0 Å². The van der Waals surface area contributed by atoms with Crippen molar-refractivity contribution in [2.24, 2.45) is 0 Å². The maximum Gasteiger partial charge on any atom is -0.0316 e. The van der Waals surface area contributed by atoms with Crippen LogP contribution >= 0.6 is 15.2 Å². The summed E-state index contributed by atoms with van der Waals surface area (Å²) in [4.78, 5) is 0. The van der Waals surface area contributed by atoms with E-state index in [9.17, 15) is 0 Å². The van der Waals surface area contributed by atoms with Crippen molar-refractivity contribution in [1.82, 2.24) is 0 Å². The van der Waals surface area contributed by atoms with Crippen molar-refractivity contribution in [1.29, 1.82) is 0 Å². The second-order valence-electron chi connectivity index (χ2n) is 1.99. The monoisotopic (exact) mass is 150 g/mol. The van der Waals surface area contributed by atoms with E-state index >= 15 is 0 Å². The molecule has 0 saturated heterocycles. The normalized spacial score (nSPS) is 11.2. The molecule has 0 rings (SSSR count). The van der Waals surface area contributed by atoms with Crippen molar-refractivity contribution in [3.8, 4) is 0 Å². The number of rotatable bonds is 3. The maximum absolute atomic E-state index is 2.40.